The number of hydrogen-bond donors (Lipinski definition) is 1. The summed E-state index contributed by atoms with van der Waals surface area (Å²) in [7, 11) is -2.60. The van der Waals surface area contributed by atoms with Crippen LogP contribution >= 0.6 is 11.6 Å². The second kappa shape index (κ2) is 15.3. The Kier molecular flexibility index (Phi) is 11.3. The van der Waals surface area contributed by atoms with Gasteiger partial charge in [-0.25, -0.2) is 17.9 Å². The first-order chi connectivity index (χ1) is 25.1. The van der Waals surface area contributed by atoms with Gasteiger partial charge in [0, 0.05) is 43.7 Å². The van der Waals surface area contributed by atoms with Crippen molar-refractivity contribution in [3.05, 3.63) is 77.9 Å². The van der Waals surface area contributed by atoms with Gasteiger partial charge in [0.25, 0.3) is 10.0 Å². The van der Waals surface area contributed by atoms with Crippen molar-refractivity contribution in [1.82, 2.24) is 9.62 Å². The first kappa shape index (κ1) is 39.2. The Bertz CT molecular complexity index is 1840. The molecule has 0 aromatic heterocycles. The van der Waals surface area contributed by atoms with Crippen LogP contribution in [0.2, 0.25) is 5.02 Å². The third-order valence-electron chi connectivity index (χ3n) is 11.7. The monoisotopic (exact) mass is 767 g/mol. The number of carbonyl (C=O) groups excluding carboxylic acids is 2. The third-order valence-corrected chi connectivity index (χ3v) is 13.3. The number of fused-ring (bicyclic) bond motifs is 3. The van der Waals surface area contributed by atoms with E-state index >= 15 is 0 Å². The zero-order valence-corrected chi connectivity index (χ0v) is 33.1. The zero-order valence-electron chi connectivity index (χ0n) is 31.5. The highest BCUT2D eigenvalue weighted by Crippen LogP contribution is 2.47. The minimum atomic E-state index is -4.31. The summed E-state index contributed by atoms with van der Waals surface area (Å²) in [4.78, 5) is 30.7. The summed E-state index contributed by atoms with van der Waals surface area (Å²) in [5, 5.41) is 0.710. The highest BCUT2D eigenvalue weighted by molar-refractivity contribution is 7.90. The molecule has 0 radical (unpaired) electrons. The van der Waals surface area contributed by atoms with Gasteiger partial charge in [0.2, 0.25) is 5.91 Å². The lowest BCUT2D eigenvalue weighted by molar-refractivity contribution is -0.135. The first-order valence-electron chi connectivity index (χ1n) is 18.7. The molecule has 53 heavy (non-hydrogen) atoms. The summed E-state index contributed by atoms with van der Waals surface area (Å²) in [6.45, 7) is 15.0. The molecule has 4 atom stereocenters. The Morgan fingerprint density at radius 1 is 1.13 bits per heavy atom. The van der Waals surface area contributed by atoms with Crippen molar-refractivity contribution in [2.24, 2.45) is 17.3 Å². The zero-order chi connectivity index (χ0) is 38.2. The fraction of sp³-hybridized carbons (Fsp3) is 0.561. The second-order valence-electron chi connectivity index (χ2n) is 16.4. The molecule has 2 aromatic rings. The highest BCUT2D eigenvalue weighted by Gasteiger charge is 2.48. The normalized spacial score (nSPS) is 23.8. The Morgan fingerprint density at radius 3 is 2.53 bits per heavy atom. The Balaban J connectivity index is 1.30. The number of nitrogens with one attached hydrogen (secondary N) is 1. The lowest BCUT2D eigenvalue weighted by Crippen LogP contribution is -2.55. The molecule has 1 N–H and O–H groups in total. The SMILES string of the molecule is C=CCN(CC1(C(=O)NS(=O)(=O)c2ccc3c(c2)N(C[C@@H]2CC[C@H]2[C@@H](C=C)OC)C[C@@]2(CCCc4cc(Cl)ccc42)CO3)CCC1)C(=O)OC(C)(C)C. The molecule has 10 nitrogen and oxygen atoms in total. The molecule has 6 rings (SSSR count). The van der Waals surface area contributed by atoms with Crippen molar-refractivity contribution in [1.29, 1.82) is 0 Å². The molecule has 2 aromatic carbocycles. The van der Waals surface area contributed by atoms with E-state index in [9.17, 15) is 18.0 Å². The van der Waals surface area contributed by atoms with Crippen LogP contribution in [0.3, 0.4) is 0 Å². The van der Waals surface area contributed by atoms with E-state index in [1.807, 2.05) is 12.1 Å². The van der Waals surface area contributed by atoms with Crippen LogP contribution in [-0.4, -0.2) is 76.9 Å². The molecule has 12 heteroatoms. The first-order valence-corrected chi connectivity index (χ1v) is 20.6. The van der Waals surface area contributed by atoms with E-state index in [4.69, 9.17) is 25.8 Å². The number of hydrogen-bond acceptors (Lipinski definition) is 8. The maximum absolute atomic E-state index is 14.1. The maximum Gasteiger partial charge on any atom is 0.410 e. The van der Waals surface area contributed by atoms with Crippen LogP contribution in [0.5, 0.6) is 5.75 Å². The molecule has 1 spiro atoms. The topological polar surface area (TPSA) is 114 Å². The number of rotatable bonds is 12. The predicted molar refractivity (Wildman–Crippen MR) is 207 cm³/mol. The number of aryl methyl sites for hydroxylation is 1. The van der Waals surface area contributed by atoms with Gasteiger partial charge in [0.1, 0.15) is 11.4 Å². The molecule has 2 amide bonds. The molecule has 0 bridgehead atoms. The minimum absolute atomic E-state index is 0.0194. The second-order valence-corrected chi connectivity index (χ2v) is 18.5. The molecule has 0 unspecified atom stereocenters. The largest absolute Gasteiger partial charge is 0.490 e. The Hall–Kier alpha value is -3.54. The van der Waals surface area contributed by atoms with Gasteiger partial charge in [0.15, 0.2) is 0 Å². The molecule has 2 fully saturated rings. The fourth-order valence-corrected chi connectivity index (χ4v) is 9.93. The van der Waals surface area contributed by atoms with Crippen LogP contribution in [0.4, 0.5) is 10.5 Å². The third kappa shape index (κ3) is 8.13. The number of methoxy groups -OCH3 is 1. The van der Waals surface area contributed by atoms with Gasteiger partial charge >= 0.3 is 6.09 Å². The molecule has 2 saturated carbocycles. The van der Waals surface area contributed by atoms with Crippen LogP contribution in [0.1, 0.15) is 76.8 Å². The van der Waals surface area contributed by atoms with Gasteiger partial charge in [-0.3, -0.25) is 4.79 Å². The van der Waals surface area contributed by atoms with Crippen molar-refractivity contribution in [2.45, 2.75) is 94.2 Å². The molecule has 1 aliphatic heterocycles. The summed E-state index contributed by atoms with van der Waals surface area (Å²) >= 11 is 6.44. The molecule has 1 heterocycles. The molecule has 0 saturated heterocycles. The maximum atomic E-state index is 14.1. The van der Waals surface area contributed by atoms with Gasteiger partial charge < -0.3 is 24.0 Å². The molecule has 288 valence electrons. The summed E-state index contributed by atoms with van der Waals surface area (Å²) in [5.74, 6) is 0.568. The lowest BCUT2D eigenvalue weighted by atomic mass is 9.68. The van der Waals surface area contributed by atoms with Gasteiger partial charge in [0.05, 0.1) is 28.7 Å². The van der Waals surface area contributed by atoms with E-state index in [0.717, 1.165) is 38.5 Å². The number of carbonyl (C=O) groups is 2. The lowest BCUT2D eigenvalue weighted by Gasteiger charge is -2.46. The Labute approximate surface area is 319 Å². The van der Waals surface area contributed by atoms with Gasteiger partial charge in [-0.15, -0.1) is 13.2 Å². The summed E-state index contributed by atoms with van der Waals surface area (Å²) < 4.78 is 48.5. The van der Waals surface area contributed by atoms with Gasteiger partial charge in [-0.1, -0.05) is 36.2 Å². The van der Waals surface area contributed by atoms with Crippen molar-refractivity contribution in [3.8, 4) is 5.75 Å². The molecular formula is C41H54ClN3O7S. The van der Waals surface area contributed by atoms with Crippen molar-refractivity contribution in [3.63, 3.8) is 0 Å². The number of sulfonamides is 1. The quantitative estimate of drug-likeness (QED) is 0.222. The highest BCUT2D eigenvalue weighted by atomic mass is 35.5. The van der Waals surface area contributed by atoms with Crippen LogP contribution in [0, 0.1) is 17.3 Å². The smallest absolute Gasteiger partial charge is 0.410 e. The summed E-state index contributed by atoms with van der Waals surface area (Å²) in [6.07, 6.45) is 9.31. The van der Waals surface area contributed by atoms with Crippen molar-refractivity contribution in [2.75, 3.05) is 44.8 Å². The van der Waals surface area contributed by atoms with Gasteiger partial charge in [-0.05, 0) is 119 Å². The summed E-state index contributed by atoms with van der Waals surface area (Å²) in [6, 6.07) is 11.0. The number of ether oxygens (including phenoxy) is 3. The van der Waals surface area contributed by atoms with Crippen LogP contribution in [0.25, 0.3) is 0 Å². The average Bonchev–Trinajstić information content (AvgIpc) is 3.22. The fourth-order valence-electron chi connectivity index (χ4n) is 8.64. The van der Waals surface area contributed by atoms with Crippen LogP contribution < -0.4 is 14.4 Å². The number of amides is 2. The number of halogens is 1. The van der Waals surface area contributed by atoms with Crippen molar-refractivity contribution < 1.29 is 32.2 Å². The standard InChI is InChI=1S/C41H54ClN3O7S/c1-7-21-44(38(47)52-39(3,4)5)25-40(19-10-20-40)37(46)43-53(48,49)31-14-17-36-34(23-31)45(24-29-12-15-32(29)35(8-2)50-6)26-41(27-51-36)18-9-11-28-22-30(42)13-16-33(28)41/h7-8,13-14,16-17,22-23,29,32,35H,1-2,9-12,15,18-21,24-27H2,3-6H3,(H,43,46)/t29-,32+,35+,41-/m0/s1. The number of anilines is 1. The van der Waals surface area contributed by atoms with E-state index < -0.39 is 33.0 Å². The average molecular weight is 768 g/mol. The number of benzene rings is 2. The molecule has 4 aliphatic rings. The van der Waals surface area contributed by atoms with E-state index in [0.29, 0.717) is 60.8 Å². The van der Waals surface area contributed by atoms with Crippen molar-refractivity contribution >= 4 is 39.3 Å². The Morgan fingerprint density at radius 2 is 1.91 bits per heavy atom. The predicted octanol–water partition coefficient (Wildman–Crippen LogP) is 7.44. The summed E-state index contributed by atoms with van der Waals surface area (Å²) in [5.41, 5.74) is 0.990. The molecular weight excluding hydrogens is 714 g/mol. The van der Waals surface area contributed by atoms with Gasteiger partial charge in [-0.2, -0.15) is 0 Å². The minimum Gasteiger partial charge on any atom is -0.490 e. The van der Waals surface area contributed by atoms with Crippen LogP contribution in [0.15, 0.2) is 66.6 Å². The molecule has 3 aliphatic carbocycles. The van der Waals surface area contributed by atoms with Crippen LogP contribution in [-0.2, 0) is 36.1 Å². The van der Waals surface area contributed by atoms with E-state index in [2.05, 4.69) is 34.9 Å². The van der Waals surface area contributed by atoms with E-state index in [-0.39, 0.29) is 29.5 Å². The number of nitrogens with zero attached hydrogens (tertiary/aromatic N) is 2. The van der Waals surface area contributed by atoms with E-state index in [1.165, 1.54) is 22.1 Å². The van der Waals surface area contributed by atoms with E-state index in [1.54, 1.807) is 46.1 Å².